The molecule has 1 aromatic rings. The molecule has 2 rings (SSSR count). The summed E-state index contributed by atoms with van der Waals surface area (Å²) in [5.74, 6) is -0.645. The van der Waals surface area contributed by atoms with E-state index in [-0.39, 0.29) is 11.8 Å². The van der Waals surface area contributed by atoms with Crippen LogP contribution in [0.2, 0.25) is 0 Å². The van der Waals surface area contributed by atoms with E-state index in [2.05, 4.69) is 45.2 Å². The number of carbonyl (C=O) groups excluding carboxylic acids is 2. The Morgan fingerprint density at radius 2 is 1.73 bits per heavy atom. The Labute approximate surface area is 104 Å². The summed E-state index contributed by atoms with van der Waals surface area (Å²) in [6.45, 7) is 6.00. The minimum Gasteiger partial charge on any atom is -0.268 e. The van der Waals surface area contributed by atoms with Crippen molar-refractivity contribution in [3.05, 3.63) is 47.0 Å². The zero-order valence-electron chi connectivity index (χ0n) is 7.67. The molecule has 0 saturated carbocycles. The van der Waals surface area contributed by atoms with Crippen molar-refractivity contribution in [1.82, 2.24) is 3.93 Å². The van der Waals surface area contributed by atoms with Crippen molar-refractivity contribution < 1.29 is 9.59 Å². The van der Waals surface area contributed by atoms with Crippen molar-refractivity contribution in [2.75, 3.05) is 0 Å². The van der Waals surface area contributed by atoms with Gasteiger partial charge in [-0.25, -0.2) is 3.93 Å². The zero-order valence-corrected chi connectivity index (χ0v) is 10.8. The fourth-order valence-electron chi connectivity index (χ4n) is 1.22. The van der Waals surface area contributed by atoms with E-state index in [0.29, 0.717) is 15.6 Å². The summed E-state index contributed by atoms with van der Waals surface area (Å²) in [7, 11) is 0. The molecule has 0 atom stereocenters. The highest BCUT2D eigenvalue weighted by atomic mass is 79.9. The van der Waals surface area contributed by atoms with Crippen molar-refractivity contribution in [3.63, 3.8) is 0 Å². The van der Waals surface area contributed by atoms with Crippen LogP contribution in [0.3, 0.4) is 0 Å². The Kier molecular flexibility index (Phi) is 3.82. The smallest absolute Gasteiger partial charge is 0.268 e. The average Bonchev–Trinajstić information content (AvgIpc) is 2.48. The van der Waals surface area contributed by atoms with Crippen molar-refractivity contribution in [2.45, 2.75) is 0 Å². The maximum absolute atomic E-state index is 11.5. The lowest BCUT2D eigenvalue weighted by Gasteiger charge is -1.99. The summed E-state index contributed by atoms with van der Waals surface area (Å²) in [4.78, 5) is 22.9. The molecule has 1 aliphatic heterocycles. The number of carbonyl (C=O) groups is 2. The molecule has 0 unspecified atom stereocenters. The molecule has 0 aromatic heterocycles. The highest BCUT2D eigenvalue weighted by Gasteiger charge is 2.35. The van der Waals surface area contributed by atoms with Crippen LogP contribution in [-0.4, -0.2) is 15.7 Å². The molecule has 15 heavy (non-hydrogen) atoms. The lowest BCUT2D eigenvalue weighted by Crippen LogP contribution is -2.17. The van der Waals surface area contributed by atoms with Gasteiger partial charge in [0.05, 0.1) is 27.3 Å². The van der Waals surface area contributed by atoms with Crippen LogP contribution in [0.15, 0.2) is 35.8 Å². The molecule has 78 valence electrons. The van der Waals surface area contributed by atoms with Crippen LogP contribution in [0.5, 0.6) is 0 Å². The number of benzene rings is 1. The molecular formula is C10H7Br2NO2. The molecule has 0 spiro atoms. The van der Waals surface area contributed by atoms with Crippen molar-refractivity contribution in [1.29, 1.82) is 0 Å². The predicted octanol–water partition coefficient (Wildman–Crippen LogP) is 3.16. The zero-order chi connectivity index (χ0) is 11.6. The van der Waals surface area contributed by atoms with Gasteiger partial charge in [0, 0.05) is 4.47 Å². The number of hydrogen-bond donors (Lipinski definition) is 0. The number of amides is 2. The Balaban J connectivity index is 0.000000531. The first-order valence-corrected chi connectivity index (χ1v) is 5.46. The van der Waals surface area contributed by atoms with Crippen molar-refractivity contribution >= 4 is 43.9 Å². The predicted molar refractivity (Wildman–Crippen MR) is 64.8 cm³/mol. The highest BCUT2D eigenvalue weighted by molar-refractivity contribution is 9.10. The van der Waals surface area contributed by atoms with Gasteiger partial charge in [-0.15, -0.1) is 13.2 Å². The van der Waals surface area contributed by atoms with E-state index in [1.54, 1.807) is 18.2 Å². The first-order chi connectivity index (χ1) is 7.13. The lowest BCUT2D eigenvalue weighted by molar-refractivity contribution is 0.0785. The molecular weight excluding hydrogens is 326 g/mol. The number of rotatable bonds is 0. The van der Waals surface area contributed by atoms with Crippen LogP contribution in [0.25, 0.3) is 0 Å². The van der Waals surface area contributed by atoms with E-state index in [0.717, 1.165) is 3.93 Å². The monoisotopic (exact) mass is 331 g/mol. The SMILES string of the molecule is C=C.O=C1c2cccc(Br)c2C(=O)N1Br. The number of fused-ring (bicyclic) bond motifs is 1. The second-order valence-electron chi connectivity index (χ2n) is 2.55. The fourth-order valence-corrected chi connectivity index (χ4v) is 2.12. The van der Waals surface area contributed by atoms with Gasteiger partial charge in [0.15, 0.2) is 0 Å². The molecule has 2 amide bonds. The number of nitrogens with zero attached hydrogens (tertiary/aromatic N) is 1. The Morgan fingerprint density at radius 3 is 2.27 bits per heavy atom. The summed E-state index contributed by atoms with van der Waals surface area (Å²) < 4.78 is 1.58. The fraction of sp³-hybridized carbons (Fsp3) is 0. The summed E-state index contributed by atoms with van der Waals surface area (Å²) in [5.41, 5.74) is 0.848. The molecule has 5 heteroatoms. The highest BCUT2D eigenvalue weighted by Crippen LogP contribution is 2.30. The molecule has 1 heterocycles. The minimum absolute atomic E-state index is 0.318. The molecule has 1 aliphatic rings. The summed E-state index contributed by atoms with van der Waals surface area (Å²) in [6.07, 6.45) is 0. The van der Waals surface area contributed by atoms with Gasteiger partial charge in [0.1, 0.15) is 0 Å². The van der Waals surface area contributed by atoms with Gasteiger partial charge in [-0.3, -0.25) is 9.59 Å². The van der Waals surface area contributed by atoms with Gasteiger partial charge in [-0.2, -0.15) is 0 Å². The van der Waals surface area contributed by atoms with Crippen molar-refractivity contribution in [3.8, 4) is 0 Å². The third-order valence-corrected chi connectivity index (χ3v) is 3.12. The van der Waals surface area contributed by atoms with E-state index in [9.17, 15) is 9.59 Å². The number of halogens is 2. The average molecular weight is 333 g/mol. The summed E-state index contributed by atoms with van der Waals surface area (Å²) >= 11 is 6.12. The van der Waals surface area contributed by atoms with E-state index in [4.69, 9.17) is 0 Å². The quantitative estimate of drug-likeness (QED) is 0.416. The van der Waals surface area contributed by atoms with Crippen LogP contribution >= 0.6 is 32.1 Å². The van der Waals surface area contributed by atoms with Gasteiger partial charge in [0.25, 0.3) is 11.8 Å². The van der Waals surface area contributed by atoms with Crippen LogP contribution in [0.1, 0.15) is 20.7 Å². The second-order valence-corrected chi connectivity index (χ2v) is 4.12. The van der Waals surface area contributed by atoms with E-state index in [1.807, 2.05) is 0 Å². The third kappa shape index (κ3) is 1.89. The van der Waals surface area contributed by atoms with Gasteiger partial charge in [-0.05, 0) is 28.1 Å². The van der Waals surface area contributed by atoms with Gasteiger partial charge >= 0.3 is 0 Å². The Morgan fingerprint density at radius 1 is 1.13 bits per heavy atom. The van der Waals surface area contributed by atoms with Gasteiger partial charge in [0.2, 0.25) is 0 Å². The van der Waals surface area contributed by atoms with E-state index in [1.165, 1.54) is 0 Å². The van der Waals surface area contributed by atoms with Crippen molar-refractivity contribution in [2.24, 2.45) is 0 Å². The maximum atomic E-state index is 11.5. The van der Waals surface area contributed by atoms with Crippen LogP contribution < -0.4 is 0 Å². The summed E-state index contributed by atoms with van der Waals surface area (Å²) in [5, 5.41) is 0. The first kappa shape index (κ1) is 12.1. The largest absolute Gasteiger partial charge is 0.272 e. The van der Waals surface area contributed by atoms with Crippen LogP contribution in [0, 0.1) is 0 Å². The maximum Gasteiger partial charge on any atom is 0.272 e. The molecule has 0 saturated heterocycles. The van der Waals surface area contributed by atoms with Gasteiger partial charge in [-0.1, -0.05) is 6.07 Å². The molecule has 0 bridgehead atoms. The standard InChI is InChI=1S/C8H3Br2NO2.C2H4/c9-5-3-1-2-4-6(5)8(13)11(10)7(4)12;1-2/h1-3H;1-2H2. The number of imide groups is 1. The molecule has 0 radical (unpaired) electrons. The molecule has 0 aliphatic carbocycles. The molecule has 3 nitrogen and oxygen atoms in total. The molecule has 1 aromatic carbocycles. The summed E-state index contributed by atoms with van der Waals surface area (Å²) in [6, 6.07) is 5.08. The number of hydrogen-bond acceptors (Lipinski definition) is 2. The van der Waals surface area contributed by atoms with E-state index < -0.39 is 0 Å². The molecule has 0 N–H and O–H groups in total. The normalized spacial score (nSPS) is 13.3. The Bertz CT molecular complexity index is 431. The van der Waals surface area contributed by atoms with E-state index >= 15 is 0 Å². The third-order valence-electron chi connectivity index (χ3n) is 1.81. The van der Waals surface area contributed by atoms with Crippen LogP contribution in [-0.2, 0) is 0 Å². The van der Waals surface area contributed by atoms with Gasteiger partial charge < -0.3 is 0 Å². The topological polar surface area (TPSA) is 37.4 Å². The Hall–Kier alpha value is -0.940. The molecule has 0 fully saturated rings. The minimum atomic E-state index is -0.326. The van der Waals surface area contributed by atoms with Crippen LogP contribution in [0.4, 0.5) is 0 Å². The first-order valence-electron chi connectivity index (χ1n) is 3.96. The second kappa shape index (κ2) is 4.72. The lowest BCUT2D eigenvalue weighted by atomic mass is 10.1.